The van der Waals surface area contributed by atoms with Crippen LogP contribution in [0.5, 0.6) is 0 Å². The first-order valence-corrected chi connectivity index (χ1v) is 53.8. The van der Waals surface area contributed by atoms with Crippen molar-refractivity contribution in [1.82, 2.24) is 15.0 Å². The Bertz CT molecular complexity index is 10400. The van der Waals surface area contributed by atoms with Crippen molar-refractivity contribution >= 4 is 172 Å². The third kappa shape index (κ3) is 13.8. The molecule has 0 atom stereocenters. The second-order valence-electron chi connectivity index (χ2n) is 41.7. The van der Waals surface area contributed by atoms with Gasteiger partial charge >= 0.3 is 0 Å². The third-order valence-electron chi connectivity index (χ3n) is 32.4. The van der Waals surface area contributed by atoms with Crippen LogP contribution in [0.15, 0.2) is 467 Å². The van der Waals surface area contributed by atoms with E-state index in [4.69, 9.17) is 15.0 Å². The maximum Gasteiger partial charge on any atom is 0.124 e. The monoisotopic (exact) mass is 1940 g/mol. The summed E-state index contributed by atoms with van der Waals surface area (Å²) in [5, 5.41) is 28.4. The molecule has 148 heavy (non-hydrogen) atoms. The SMILES string of the molecule is CC1(C)c2ccccc2-c2cc3c(-c4ccc5ccccc5c4)c4ccc(-c5nc6ccccc6s5)cc4c(-c4ccc5ccccc5c4)c3cc21.CC1(C)c2ccccc2-c2cc3c(-c4cccc5ccccc45)c4ccc(-c5nc6ccccc6s5)cc4c(-c4cccc5ccccc45)c3cc21.CC1(C)c2ccccc2-c2cc3c(-c4ccccc4)c4ccc(-c5nc6ccccc6s5)cc4c(-c4ccccc4)c3cc21. The van der Waals surface area contributed by atoms with E-state index in [1.54, 1.807) is 34.0 Å². The fourth-order valence-corrected chi connectivity index (χ4v) is 28.1. The largest absolute Gasteiger partial charge is 0.236 e. The molecule has 0 aliphatic heterocycles. The van der Waals surface area contributed by atoms with Gasteiger partial charge in [0.15, 0.2) is 0 Å². The highest BCUT2D eigenvalue weighted by Gasteiger charge is 2.41. The van der Waals surface area contributed by atoms with Gasteiger partial charge in [0.25, 0.3) is 0 Å². The molecular formula is C142H95N3S3. The first-order valence-electron chi connectivity index (χ1n) is 51.3. The predicted octanol–water partition coefficient (Wildman–Crippen LogP) is 40.3. The molecule has 0 amide bonds. The van der Waals surface area contributed by atoms with Crippen molar-refractivity contribution < 1.29 is 0 Å². The third-order valence-corrected chi connectivity index (χ3v) is 35.7. The lowest BCUT2D eigenvalue weighted by Gasteiger charge is -2.24. The highest BCUT2D eigenvalue weighted by Crippen LogP contribution is 2.60. The smallest absolute Gasteiger partial charge is 0.124 e. The van der Waals surface area contributed by atoms with Gasteiger partial charge in [-0.15, -0.1) is 34.0 Å². The molecule has 0 radical (unpaired) electrons. The van der Waals surface area contributed by atoms with E-state index in [0.29, 0.717) is 0 Å². The average Bonchev–Trinajstić information content (AvgIpc) is 1.67. The Hall–Kier alpha value is -17.2. The molecule has 28 aromatic rings. The first-order chi connectivity index (χ1) is 72.6. The zero-order valence-electron chi connectivity index (χ0n) is 82.5. The van der Waals surface area contributed by atoms with E-state index in [2.05, 4.69) is 509 Å². The Morgan fingerprint density at radius 3 is 0.811 bits per heavy atom. The van der Waals surface area contributed by atoms with Crippen LogP contribution in [0.3, 0.4) is 0 Å². The molecule has 696 valence electrons. The minimum Gasteiger partial charge on any atom is -0.236 e. The molecule has 3 aliphatic carbocycles. The van der Waals surface area contributed by atoms with Gasteiger partial charge in [-0.05, 0) is 344 Å². The summed E-state index contributed by atoms with van der Waals surface area (Å²) < 4.78 is 3.63. The quantitative estimate of drug-likeness (QED) is 0.135. The second-order valence-corrected chi connectivity index (χ2v) is 44.8. The molecule has 31 rings (SSSR count). The van der Waals surface area contributed by atoms with Gasteiger partial charge in [-0.25, -0.2) is 15.0 Å². The number of aromatic nitrogens is 3. The molecule has 3 heterocycles. The minimum absolute atomic E-state index is 0.0845. The van der Waals surface area contributed by atoms with E-state index in [-0.39, 0.29) is 16.2 Å². The van der Waals surface area contributed by atoms with Crippen LogP contribution in [-0.2, 0) is 16.2 Å². The normalized spacial score (nSPS) is 13.4. The van der Waals surface area contributed by atoms with Crippen LogP contribution in [0.4, 0.5) is 0 Å². The number of fused-ring (bicyclic) bond motifs is 22. The Labute approximate surface area is 870 Å². The van der Waals surface area contributed by atoms with Gasteiger partial charge < -0.3 is 0 Å². The fraction of sp³-hybridized carbons (Fsp3) is 0.0634. The topological polar surface area (TPSA) is 38.7 Å². The molecule has 0 bridgehead atoms. The summed E-state index contributed by atoms with van der Waals surface area (Å²) in [7, 11) is 0. The van der Waals surface area contributed by atoms with Crippen LogP contribution in [0.1, 0.15) is 74.9 Å². The molecule has 0 spiro atoms. The second kappa shape index (κ2) is 33.9. The Kier molecular flexibility index (Phi) is 20.0. The van der Waals surface area contributed by atoms with E-state index in [9.17, 15) is 0 Å². The van der Waals surface area contributed by atoms with Crippen LogP contribution in [0.25, 0.3) is 270 Å². The summed E-state index contributed by atoms with van der Waals surface area (Å²) in [6.07, 6.45) is 0. The molecular weight excluding hydrogens is 1840 g/mol. The lowest BCUT2D eigenvalue weighted by molar-refractivity contribution is 0.661. The van der Waals surface area contributed by atoms with Crippen LogP contribution >= 0.6 is 34.0 Å². The molecule has 6 heteroatoms. The number of hydrogen-bond acceptors (Lipinski definition) is 6. The zero-order valence-corrected chi connectivity index (χ0v) is 85.0. The summed E-state index contributed by atoms with van der Waals surface area (Å²) in [6.45, 7) is 14.3. The molecule has 0 fully saturated rings. The maximum absolute atomic E-state index is 5.13. The zero-order chi connectivity index (χ0) is 98.5. The molecule has 0 N–H and O–H groups in total. The van der Waals surface area contributed by atoms with Crippen molar-refractivity contribution in [2.75, 3.05) is 0 Å². The number of benzene rings is 25. The van der Waals surface area contributed by atoms with E-state index in [0.717, 1.165) is 48.3 Å². The number of nitrogens with zero attached hydrogens (tertiary/aromatic N) is 3. The van der Waals surface area contributed by atoms with Gasteiger partial charge in [-0.2, -0.15) is 0 Å². The number of thiazole rings is 3. The van der Waals surface area contributed by atoms with E-state index < -0.39 is 0 Å². The lowest BCUT2D eigenvalue weighted by atomic mass is 9.79. The van der Waals surface area contributed by atoms with Crippen LogP contribution in [0.2, 0.25) is 0 Å². The number of para-hydroxylation sites is 3. The van der Waals surface area contributed by atoms with Gasteiger partial charge in [0, 0.05) is 32.9 Å². The van der Waals surface area contributed by atoms with Crippen LogP contribution < -0.4 is 0 Å². The summed E-state index contributed by atoms with van der Waals surface area (Å²) in [5.41, 5.74) is 37.8. The van der Waals surface area contributed by atoms with E-state index >= 15 is 0 Å². The molecule has 0 saturated carbocycles. The summed E-state index contributed by atoms with van der Waals surface area (Å²) in [5.74, 6) is 0. The Morgan fingerprint density at radius 1 is 0.149 bits per heavy atom. The standard InChI is InChI=1S/2C50H33NS.C42H29NS/c1-50(2)43-22-8-7-19-35(43)39-28-41-42(29-44(39)50)48(37-21-12-16-31-14-4-6-18-34(31)37)40-27-32(49-51-45-23-9-10-24-46(45)52-49)25-26-38(40)47(41)36-20-11-15-30-13-3-5-17-33(30)36;1-50(2)43-16-8-7-15-37(43)39-28-41-42(29-44(39)50)48(35-22-20-31-12-4-6-14-33(31)26-35)40-27-36(49-51-45-17-9-10-18-46(45)52-49)23-24-38(40)47(41)34-21-19-30-11-3-5-13-32(30)25-34;1-42(2)35-18-10-9-17-29(35)31-24-33-34(25-36(31)42)40(27-15-7-4-8-16-27)32-23-28(41-43-37-19-11-12-20-38(37)44-41)21-22-30(32)39(33)26-13-5-3-6-14-26/h2*3-29H,1-2H3;3-25H,1-2H3. The Morgan fingerprint density at radius 2 is 0.412 bits per heavy atom. The maximum atomic E-state index is 5.13. The molecule has 0 unspecified atom stereocenters. The van der Waals surface area contributed by atoms with Crippen molar-refractivity contribution in [1.29, 1.82) is 0 Å². The van der Waals surface area contributed by atoms with Gasteiger partial charge in [0.05, 0.1) is 30.6 Å². The highest BCUT2D eigenvalue weighted by atomic mass is 32.1. The summed E-state index contributed by atoms with van der Waals surface area (Å²) in [6, 6.07) is 173. The first kappa shape index (κ1) is 87.4. The molecule has 3 aromatic heterocycles. The van der Waals surface area contributed by atoms with Gasteiger partial charge in [-0.1, -0.05) is 406 Å². The van der Waals surface area contributed by atoms with Crippen molar-refractivity contribution in [3.8, 4) is 132 Å². The summed E-state index contributed by atoms with van der Waals surface area (Å²) >= 11 is 5.30. The van der Waals surface area contributed by atoms with Gasteiger partial charge in [-0.3, -0.25) is 0 Å². The van der Waals surface area contributed by atoms with Gasteiger partial charge in [0.2, 0.25) is 0 Å². The number of hydrogen-bond donors (Lipinski definition) is 0. The van der Waals surface area contributed by atoms with Crippen molar-refractivity contribution in [2.24, 2.45) is 0 Å². The molecule has 25 aromatic carbocycles. The predicted molar refractivity (Wildman–Crippen MR) is 636 cm³/mol. The highest BCUT2D eigenvalue weighted by molar-refractivity contribution is 7.22. The van der Waals surface area contributed by atoms with E-state index in [1.807, 2.05) is 0 Å². The minimum atomic E-state index is -0.131. The van der Waals surface area contributed by atoms with Crippen molar-refractivity contribution in [3.05, 3.63) is 500 Å². The average molecular weight is 1940 g/mol. The van der Waals surface area contributed by atoms with Crippen LogP contribution in [0, 0.1) is 0 Å². The number of rotatable bonds is 9. The van der Waals surface area contributed by atoms with Crippen LogP contribution in [-0.4, -0.2) is 15.0 Å². The summed E-state index contributed by atoms with van der Waals surface area (Å²) in [4.78, 5) is 15.3. The molecule has 0 saturated heterocycles. The fourth-order valence-electron chi connectivity index (χ4n) is 25.3. The van der Waals surface area contributed by atoms with Crippen molar-refractivity contribution in [2.45, 2.75) is 57.8 Å². The molecule has 3 aliphatic rings. The Balaban J connectivity index is 0.000000105. The van der Waals surface area contributed by atoms with Crippen molar-refractivity contribution in [3.63, 3.8) is 0 Å². The lowest BCUT2D eigenvalue weighted by Crippen LogP contribution is -2.14. The van der Waals surface area contributed by atoms with E-state index in [1.165, 1.54) is 255 Å². The molecule has 3 nitrogen and oxygen atoms in total. The van der Waals surface area contributed by atoms with Gasteiger partial charge in [0.1, 0.15) is 15.0 Å².